The molecule has 1 nitrogen and oxygen atoms in total. The maximum absolute atomic E-state index is 5.15. The zero-order valence-corrected chi connectivity index (χ0v) is 12.5. The zero-order valence-electron chi connectivity index (χ0n) is 12.5. The number of methoxy groups -OCH3 is 1. The third-order valence-corrected chi connectivity index (χ3v) is 3.43. The summed E-state index contributed by atoms with van der Waals surface area (Å²) in [5.74, 6) is 0.548. The first kappa shape index (κ1) is 16.0. The normalized spacial score (nSPS) is 13.5. The van der Waals surface area contributed by atoms with Gasteiger partial charge in [0.2, 0.25) is 0 Å². The number of hydrogen-bond donors (Lipinski definition) is 0. The Bertz CT molecular complexity index is 353. The quantitative estimate of drug-likeness (QED) is 0.542. The second-order valence-electron chi connectivity index (χ2n) is 4.92. The van der Waals surface area contributed by atoms with E-state index in [2.05, 4.69) is 50.8 Å². The van der Waals surface area contributed by atoms with Crippen LogP contribution in [0.25, 0.3) is 6.08 Å². The van der Waals surface area contributed by atoms with Crippen LogP contribution in [0.15, 0.2) is 35.9 Å². The smallest absolute Gasteiger partial charge is 0.161 e. The predicted molar refractivity (Wildman–Crippen MR) is 82.6 cm³/mol. The first-order valence-corrected chi connectivity index (χ1v) is 7.37. The topological polar surface area (TPSA) is 9.23 Å². The van der Waals surface area contributed by atoms with Crippen LogP contribution in [0, 0.1) is 12.5 Å². The van der Waals surface area contributed by atoms with Crippen LogP contribution in [0.4, 0.5) is 0 Å². The van der Waals surface area contributed by atoms with Crippen molar-refractivity contribution in [2.75, 3.05) is 7.11 Å². The van der Waals surface area contributed by atoms with Crippen LogP contribution in [-0.4, -0.2) is 7.11 Å². The van der Waals surface area contributed by atoms with Crippen LogP contribution >= 0.6 is 0 Å². The molecule has 1 unspecified atom stereocenters. The molecule has 0 fully saturated rings. The van der Waals surface area contributed by atoms with E-state index in [0.29, 0.717) is 5.92 Å². The van der Waals surface area contributed by atoms with Crippen molar-refractivity contribution < 1.29 is 4.74 Å². The van der Waals surface area contributed by atoms with E-state index in [0.717, 1.165) is 6.42 Å². The van der Waals surface area contributed by atoms with Gasteiger partial charge < -0.3 is 4.74 Å². The van der Waals surface area contributed by atoms with Crippen molar-refractivity contribution in [3.05, 3.63) is 48.1 Å². The van der Waals surface area contributed by atoms with Crippen LogP contribution in [0.5, 0.6) is 0 Å². The SMILES string of the molecule is CCCCCC(CC)C([C]OC)=Cc1ccccc1. The summed E-state index contributed by atoms with van der Waals surface area (Å²) >= 11 is 0. The Morgan fingerprint density at radius 2 is 1.95 bits per heavy atom. The molecule has 0 spiro atoms. The van der Waals surface area contributed by atoms with E-state index < -0.39 is 0 Å². The van der Waals surface area contributed by atoms with Gasteiger partial charge in [0.05, 0.1) is 0 Å². The number of unbranched alkanes of at least 4 members (excludes halogenated alkanes) is 2. The van der Waals surface area contributed by atoms with Gasteiger partial charge in [-0.25, -0.2) is 0 Å². The fraction of sp³-hybridized carbons (Fsp3) is 0.500. The predicted octanol–water partition coefficient (Wildman–Crippen LogP) is 5.36. The van der Waals surface area contributed by atoms with Gasteiger partial charge in [0, 0.05) is 7.11 Å². The molecule has 2 radical (unpaired) electrons. The van der Waals surface area contributed by atoms with Gasteiger partial charge in [-0.2, -0.15) is 0 Å². The average Bonchev–Trinajstić information content (AvgIpc) is 2.44. The van der Waals surface area contributed by atoms with Crippen LogP contribution in [-0.2, 0) is 4.74 Å². The Labute approximate surface area is 118 Å². The maximum Gasteiger partial charge on any atom is 0.161 e. The molecular formula is C18H26O. The lowest BCUT2D eigenvalue weighted by molar-refractivity contribution is 0.278. The van der Waals surface area contributed by atoms with E-state index in [1.165, 1.54) is 36.8 Å². The summed E-state index contributed by atoms with van der Waals surface area (Å²) < 4.78 is 5.15. The lowest BCUT2D eigenvalue weighted by atomic mass is 9.89. The Morgan fingerprint density at radius 1 is 1.21 bits per heavy atom. The van der Waals surface area contributed by atoms with Crippen LogP contribution in [0.1, 0.15) is 51.5 Å². The Morgan fingerprint density at radius 3 is 2.53 bits per heavy atom. The molecule has 1 aromatic rings. The number of benzene rings is 1. The highest BCUT2D eigenvalue weighted by Gasteiger charge is 2.13. The summed E-state index contributed by atoms with van der Waals surface area (Å²) in [5, 5.41) is 0. The summed E-state index contributed by atoms with van der Waals surface area (Å²) in [6.45, 7) is 7.56. The van der Waals surface area contributed by atoms with Gasteiger partial charge in [0.15, 0.2) is 6.61 Å². The molecule has 0 saturated heterocycles. The van der Waals surface area contributed by atoms with E-state index >= 15 is 0 Å². The van der Waals surface area contributed by atoms with Crippen molar-refractivity contribution in [2.24, 2.45) is 5.92 Å². The summed E-state index contributed by atoms with van der Waals surface area (Å²) in [7, 11) is 1.68. The zero-order chi connectivity index (χ0) is 13.9. The summed E-state index contributed by atoms with van der Waals surface area (Å²) in [6.07, 6.45) is 8.42. The van der Waals surface area contributed by atoms with E-state index in [4.69, 9.17) is 4.74 Å². The van der Waals surface area contributed by atoms with Crippen molar-refractivity contribution in [2.45, 2.75) is 46.0 Å². The standard InChI is InChI=1S/C18H26O/c1-4-6-8-13-17(5-2)18(15-19-3)14-16-11-9-7-10-12-16/h7,9-12,14,17H,4-6,8,13H2,1-3H3. The van der Waals surface area contributed by atoms with E-state index in [9.17, 15) is 0 Å². The molecule has 0 aliphatic heterocycles. The summed E-state index contributed by atoms with van der Waals surface area (Å²) in [4.78, 5) is 0. The van der Waals surface area contributed by atoms with Crippen LogP contribution < -0.4 is 0 Å². The second-order valence-corrected chi connectivity index (χ2v) is 4.92. The molecule has 104 valence electrons. The Hall–Kier alpha value is -1.08. The number of ether oxygens (including phenoxy) is 1. The molecule has 0 aliphatic rings. The van der Waals surface area contributed by atoms with E-state index in [-0.39, 0.29) is 0 Å². The third-order valence-electron chi connectivity index (χ3n) is 3.43. The van der Waals surface area contributed by atoms with Crippen LogP contribution in [0.3, 0.4) is 0 Å². The minimum absolute atomic E-state index is 0.548. The van der Waals surface area contributed by atoms with Gasteiger partial charge in [0.25, 0.3) is 0 Å². The molecule has 0 N–H and O–H groups in total. The third kappa shape index (κ3) is 6.07. The average molecular weight is 258 g/mol. The first-order chi connectivity index (χ1) is 9.31. The number of hydrogen-bond acceptors (Lipinski definition) is 1. The van der Waals surface area contributed by atoms with Gasteiger partial charge in [-0.1, -0.05) is 69.5 Å². The number of rotatable bonds is 9. The minimum Gasteiger partial charge on any atom is -0.367 e. The van der Waals surface area contributed by atoms with Crippen molar-refractivity contribution in [3.8, 4) is 0 Å². The van der Waals surface area contributed by atoms with E-state index in [1.807, 2.05) is 6.07 Å². The monoisotopic (exact) mass is 258 g/mol. The Balaban J connectivity index is 2.75. The molecule has 0 aliphatic carbocycles. The fourth-order valence-electron chi connectivity index (χ4n) is 2.30. The second kappa shape index (κ2) is 9.80. The molecule has 19 heavy (non-hydrogen) atoms. The lowest BCUT2D eigenvalue weighted by Crippen LogP contribution is -2.05. The molecule has 1 rings (SSSR count). The summed E-state index contributed by atoms with van der Waals surface area (Å²) in [6, 6.07) is 10.4. The van der Waals surface area contributed by atoms with Crippen molar-refractivity contribution in [1.82, 2.24) is 0 Å². The van der Waals surface area contributed by atoms with Crippen LogP contribution in [0.2, 0.25) is 0 Å². The molecule has 1 atom stereocenters. The molecule has 0 amide bonds. The molecule has 1 aromatic carbocycles. The fourth-order valence-corrected chi connectivity index (χ4v) is 2.30. The highest BCUT2D eigenvalue weighted by molar-refractivity contribution is 5.54. The first-order valence-electron chi connectivity index (χ1n) is 7.37. The maximum atomic E-state index is 5.15. The van der Waals surface area contributed by atoms with Crippen molar-refractivity contribution in [3.63, 3.8) is 0 Å². The largest absolute Gasteiger partial charge is 0.367 e. The molecular weight excluding hydrogens is 232 g/mol. The molecule has 0 aromatic heterocycles. The molecule has 0 heterocycles. The lowest BCUT2D eigenvalue weighted by Gasteiger charge is -2.17. The Kier molecular flexibility index (Phi) is 8.24. The minimum atomic E-state index is 0.548. The highest BCUT2D eigenvalue weighted by atomic mass is 16.5. The van der Waals surface area contributed by atoms with Crippen molar-refractivity contribution >= 4 is 6.08 Å². The van der Waals surface area contributed by atoms with Gasteiger partial charge in [-0.3, -0.25) is 0 Å². The summed E-state index contributed by atoms with van der Waals surface area (Å²) in [5.41, 5.74) is 2.41. The van der Waals surface area contributed by atoms with Gasteiger partial charge in [-0.15, -0.1) is 0 Å². The van der Waals surface area contributed by atoms with Crippen molar-refractivity contribution in [1.29, 1.82) is 0 Å². The molecule has 0 saturated carbocycles. The van der Waals surface area contributed by atoms with Gasteiger partial charge in [-0.05, 0) is 29.9 Å². The molecule has 1 heteroatoms. The molecule has 0 bridgehead atoms. The highest BCUT2D eigenvalue weighted by Crippen LogP contribution is 2.26. The van der Waals surface area contributed by atoms with Gasteiger partial charge >= 0.3 is 0 Å². The van der Waals surface area contributed by atoms with E-state index in [1.54, 1.807) is 7.11 Å². The van der Waals surface area contributed by atoms with Gasteiger partial charge in [0.1, 0.15) is 0 Å².